The fourth-order valence-electron chi connectivity index (χ4n) is 4.64. The van der Waals surface area contributed by atoms with Gasteiger partial charge >= 0.3 is 0 Å². The first-order valence-corrected chi connectivity index (χ1v) is 9.10. The van der Waals surface area contributed by atoms with Gasteiger partial charge in [0, 0.05) is 31.7 Å². The maximum atomic E-state index is 13.1. The molecule has 128 valence electrons. The SMILES string of the molecule is CC1CC(C(=O)N2CCCC3(CCN(c4cccnc4)C3=O)C2)C1. The van der Waals surface area contributed by atoms with E-state index < -0.39 is 0 Å². The quantitative estimate of drug-likeness (QED) is 0.838. The third kappa shape index (κ3) is 2.50. The number of anilines is 1. The second kappa shape index (κ2) is 5.87. The van der Waals surface area contributed by atoms with Gasteiger partial charge in [0.1, 0.15) is 0 Å². The van der Waals surface area contributed by atoms with Crippen LogP contribution in [0.3, 0.4) is 0 Å². The predicted molar refractivity (Wildman–Crippen MR) is 91.3 cm³/mol. The number of amides is 2. The summed E-state index contributed by atoms with van der Waals surface area (Å²) in [6, 6.07) is 3.80. The first-order chi connectivity index (χ1) is 11.6. The van der Waals surface area contributed by atoms with E-state index in [0.717, 1.165) is 50.9 Å². The molecule has 2 aliphatic heterocycles. The summed E-state index contributed by atoms with van der Waals surface area (Å²) in [4.78, 5) is 33.8. The van der Waals surface area contributed by atoms with E-state index in [2.05, 4.69) is 11.9 Å². The van der Waals surface area contributed by atoms with Crippen LogP contribution in [0.5, 0.6) is 0 Å². The maximum Gasteiger partial charge on any atom is 0.235 e. The monoisotopic (exact) mass is 327 g/mol. The van der Waals surface area contributed by atoms with E-state index in [1.807, 2.05) is 21.9 Å². The summed E-state index contributed by atoms with van der Waals surface area (Å²) in [5.74, 6) is 1.32. The van der Waals surface area contributed by atoms with Crippen LogP contribution in [0.2, 0.25) is 0 Å². The largest absolute Gasteiger partial charge is 0.341 e. The van der Waals surface area contributed by atoms with Crippen molar-refractivity contribution < 1.29 is 9.59 Å². The zero-order valence-corrected chi connectivity index (χ0v) is 14.3. The van der Waals surface area contributed by atoms with E-state index in [4.69, 9.17) is 0 Å². The number of hydrogen-bond donors (Lipinski definition) is 0. The molecule has 24 heavy (non-hydrogen) atoms. The number of carbonyl (C=O) groups excluding carboxylic acids is 2. The summed E-state index contributed by atoms with van der Waals surface area (Å²) in [6.07, 6.45) is 8.16. The van der Waals surface area contributed by atoms with Gasteiger partial charge in [-0.3, -0.25) is 14.6 Å². The lowest BCUT2D eigenvalue weighted by Crippen LogP contribution is -2.52. The fraction of sp³-hybridized carbons (Fsp3) is 0.632. The van der Waals surface area contributed by atoms with Gasteiger partial charge in [0.25, 0.3) is 0 Å². The average molecular weight is 327 g/mol. The lowest BCUT2D eigenvalue weighted by Gasteiger charge is -2.42. The molecule has 1 aliphatic carbocycles. The minimum Gasteiger partial charge on any atom is -0.341 e. The van der Waals surface area contributed by atoms with Crippen LogP contribution in [0.15, 0.2) is 24.5 Å². The van der Waals surface area contributed by atoms with E-state index in [1.54, 1.807) is 12.4 Å². The Morgan fingerprint density at radius 2 is 2.12 bits per heavy atom. The molecule has 5 heteroatoms. The maximum absolute atomic E-state index is 13.1. The zero-order chi connectivity index (χ0) is 16.7. The topological polar surface area (TPSA) is 53.5 Å². The third-order valence-electron chi connectivity index (χ3n) is 6.08. The summed E-state index contributed by atoms with van der Waals surface area (Å²) in [5, 5.41) is 0. The van der Waals surface area contributed by atoms with Crippen LogP contribution in [0.25, 0.3) is 0 Å². The molecule has 4 rings (SSSR count). The van der Waals surface area contributed by atoms with Crippen molar-refractivity contribution in [1.29, 1.82) is 0 Å². The van der Waals surface area contributed by atoms with Crippen LogP contribution >= 0.6 is 0 Å². The van der Waals surface area contributed by atoms with E-state index in [1.165, 1.54) is 0 Å². The standard InChI is InChI=1S/C19H25N3O2/c1-14-10-15(11-14)17(23)21-8-3-5-19(13-21)6-9-22(18(19)24)16-4-2-7-20-12-16/h2,4,7,12,14-15H,3,5-6,8-11,13H2,1H3. The summed E-state index contributed by atoms with van der Waals surface area (Å²) in [5.41, 5.74) is 0.495. The smallest absolute Gasteiger partial charge is 0.235 e. The van der Waals surface area contributed by atoms with Gasteiger partial charge in [-0.05, 0) is 50.2 Å². The van der Waals surface area contributed by atoms with Gasteiger partial charge < -0.3 is 9.80 Å². The van der Waals surface area contributed by atoms with E-state index >= 15 is 0 Å². The highest BCUT2D eigenvalue weighted by Crippen LogP contribution is 2.43. The Bertz CT molecular complexity index is 641. The fourth-order valence-corrected chi connectivity index (χ4v) is 4.64. The lowest BCUT2D eigenvalue weighted by atomic mass is 9.73. The van der Waals surface area contributed by atoms with Crippen molar-refractivity contribution in [2.75, 3.05) is 24.5 Å². The molecule has 3 heterocycles. The number of piperidine rings is 1. The molecule has 2 saturated heterocycles. The average Bonchev–Trinajstić information content (AvgIpc) is 2.89. The highest BCUT2D eigenvalue weighted by Gasteiger charge is 2.50. The van der Waals surface area contributed by atoms with Crippen molar-refractivity contribution in [2.24, 2.45) is 17.3 Å². The molecule has 1 saturated carbocycles. The Morgan fingerprint density at radius 3 is 2.83 bits per heavy atom. The first-order valence-electron chi connectivity index (χ1n) is 9.10. The van der Waals surface area contributed by atoms with Crippen LogP contribution < -0.4 is 4.90 Å². The first kappa shape index (κ1) is 15.6. The molecule has 1 unspecified atom stereocenters. The van der Waals surface area contributed by atoms with Crippen LogP contribution in [-0.4, -0.2) is 41.3 Å². The number of rotatable bonds is 2. The Hall–Kier alpha value is -1.91. The van der Waals surface area contributed by atoms with E-state index in [-0.39, 0.29) is 23.1 Å². The van der Waals surface area contributed by atoms with Crippen molar-refractivity contribution in [2.45, 2.75) is 39.0 Å². The van der Waals surface area contributed by atoms with Crippen molar-refractivity contribution >= 4 is 17.5 Å². The number of pyridine rings is 1. The normalized spacial score (nSPS) is 33.0. The Morgan fingerprint density at radius 1 is 1.29 bits per heavy atom. The van der Waals surface area contributed by atoms with Crippen LogP contribution in [0.1, 0.15) is 39.0 Å². The summed E-state index contributed by atoms with van der Waals surface area (Å²) >= 11 is 0. The molecule has 0 N–H and O–H groups in total. The molecule has 1 aromatic rings. The summed E-state index contributed by atoms with van der Waals surface area (Å²) < 4.78 is 0. The summed E-state index contributed by atoms with van der Waals surface area (Å²) in [7, 11) is 0. The molecule has 2 amide bonds. The molecule has 1 aromatic heterocycles. The zero-order valence-electron chi connectivity index (χ0n) is 14.3. The van der Waals surface area contributed by atoms with Gasteiger partial charge in [0.05, 0.1) is 17.3 Å². The highest BCUT2D eigenvalue weighted by molar-refractivity contribution is 6.00. The molecular formula is C19H25N3O2. The van der Waals surface area contributed by atoms with Crippen LogP contribution in [0, 0.1) is 17.3 Å². The highest BCUT2D eigenvalue weighted by atomic mass is 16.2. The number of nitrogens with zero attached hydrogens (tertiary/aromatic N) is 3. The molecule has 5 nitrogen and oxygen atoms in total. The van der Waals surface area contributed by atoms with Crippen molar-refractivity contribution in [3.05, 3.63) is 24.5 Å². The van der Waals surface area contributed by atoms with Gasteiger partial charge in [-0.1, -0.05) is 6.92 Å². The molecule has 3 fully saturated rings. The van der Waals surface area contributed by atoms with Gasteiger partial charge in [-0.15, -0.1) is 0 Å². The van der Waals surface area contributed by atoms with E-state index in [9.17, 15) is 9.59 Å². The van der Waals surface area contributed by atoms with Gasteiger partial charge in [0.2, 0.25) is 11.8 Å². The van der Waals surface area contributed by atoms with Crippen LogP contribution in [0.4, 0.5) is 5.69 Å². The number of aromatic nitrogens is 1. The second-order valence-electron chi connectivity index (χ2n) is 7.84. The minimum absolute atomic E-state index is 0.176. The van der Waals surface area contributed by atoms with Gasteiger partial charge in [0.15, 0.2) is 0 Å². The van der Waals surface area contributed by atoms with Crippen molar-refractivity contribution in [1.82, 2.24) is 9.88 Å². The predicted octanol–water partition coefficient (Wildman–Crippen LogP) is 2.47. The third-order valence-corrected chi connectivity index (χ3v) is 6.08. The number of likely N-dealkylation sites (tertiary alicyclic amines) is 1. The molecule has 0 aromatic carbocycles. The minimum atomic E-state index is -0.376. The Labute approximate surface area is 143 Å². The molecule has 0 radical (unpaired) electrons. The second-order valence-corrected chi connectivity index (χ2v) is 7.84. The van der Waals surface area contributed by atoms with E-state index in [0.29, 0.717) is 12.5 Å². The number of hydrogen-bond acceptors (Lipinski definition) is 3. The van der Waals surface area contributed by atoms with Crippen molar-refractivity contribution in [3.63, 3.8) is 0 Å². The Kier molecular flexibility index (Phi) is 3.82. The summed E-state index contributed by atoms with van der Waals surface area (Å²) in [6.45, 7) is 4.35. The van der Waals surface area contributed by atoms with Crippen LogP contribution in [-0.2, 0) is 9.59 Å². The van der Waals surface area contributed by atoms with Gasteiger partial charge in [-0.25, -0.2) is 0 Å². The lowest BCUT2D eigenvalue weighted by molar-refractivity contribution is -0.145. The molecular weight excluding hydrogens is 302 g/mol. The number of carbonyl (C=O) groups is 2. The molecule has 0 bridgehead atoms. The molecule has 1 spiro atoms. The van der Waals surface area contributed by atoms with Gasteiger partial charge in [-0.2, -0.15) is 0 Å². The Balaban J connectivity index is 1.49. The molecule has 3 aliphatic rings. The van der Waals surface area contributed by atoms with Crippen molar-refractivity contribution in [3.8, 4) is 0 Å². The molecule has 1 atom stereocenters.